The summed E-state index contributed by atoms with van der Waals surface area (Å²) in [5.74, 6) is 1.27. The van der Waals surface area contributed by atoms with Gasteiger partial charge in [0.15, 0.2) is 0 Å². The molecule has 2 saturated heterocycles. The monoisotopic (exact) mass is 381 g/mol. The van der Waals surface area contributed by atoms with Crippen molar-refractivity contribution >= 4 is 17.5 Å². The van der Waals surface area contributed by atoms with Crippen molar-refractivity contribution < 1.29 is 4.39 Å². The largest absolute Gasteiger partial charge is 0.368 e. The second-order valence-corrected chi connectivity index (χ2v) is 7.26. The van der Waals surface area contributed by atoms with Gasteiger partial charge in [-0.1, -0.05) is 0 Å². The third-order valence-corrected chi connectivity index (χ3v) is 5.46. The zero-order chi connectivity index (χ0) is 19.5. The number of piperazine rings is 2. The Balaban J connectivity index is 1.41. The number of likely N-dealkylation sites (N-methyl/N-ethyl adjacent to an activating group) is 1. The highest BCUT2D eigenvalue weighted by molar-refractivity contribution is 5.53. The van der Waals surface area contributed by atoms with Crippen LogP contribution in [0.2, 0.25) is 0 Å². The minimum Gasteiger partial charge on any atom is -0.368 e. The van der Waals surface area contributed by atoms with Gasteiger partial charge in [0, 0.05) is 64.2 Å². The molecular weight excluding hydrogens is 357 g/mol. The van der Waals surface area contributed by atoms with E-state index in [1.165, 1.54) is 6.07 Å². The minimum atomic E-state index is -0.463. The van der Waals surface area contributed by atoms with E-state index in [0.29, 0.717) is 0 Å². The Morgan fingerprint density at radius 3 is 2.29 bits per heavy atom. The summed E-state index contributed by atoms with van der Waals surface area (Å²) < 4.78 is 13.9. The van der Waals surface area contributed by atoms with Crippen LogP contribution in [0.15, 0.2) is 30.5 Å². The lowest BCUT2D eigenvalue weighted by Gasteiger charge is -2.37. The van der Waals surface area contributed by atoms with E-state index >= 15 is 0 Å². The molecule has 4 rings (SSSR count). The fraction of sp³-hybridized carbons (Fsp3) is 0.450. The molecule has 146 valence electrons. The van der Waals surface area contributed by atoms with E-state index in [4.69, 9.17) is 10.2 Å². The molecular formula is C20H24FN7. The summed E-state index contributed by atoms with van der Waals surface area (Å²) in [5.41, 5.74) is 0.900. The SMILES string of the molecule is CN1CCN(c2nccc(N3CCN(c4ccc(C#N)c(F)c4)CC3)n2)CC1. The lowest BCUT2D eigenvalue weighted by Crippen LogP contribution is -2.47. The number of hydrogen-bond donors (Lipinski definition) is 0. The maximum atomic E-state index is 13.9. The Morgan fingerprint density at radius 2 is 1.61 bits per heavy atom. The molecule has 0 unspecified atom stereocenters. The molecule has 1 aromatic carbocycles. The van der Waals surface area contributed by atoms with Crippen LogP contribution >= 0.6 is 0 Å². The van der Waals surface area contributed by atoms with Crippen molar-refractivity contribution in [1.29, 1.82) is 5.26 Å². The average molecular weight is 381 g/mol. The minimum absolute atomic E-state index is 0.0832. The summed E-state index contributed by atoms with van der Waals surface area (Å²) in [5, 5.41) is 8.88. The standard InChI is InChI=1S/C20H24FN7/c1-25-6-8-28(9-7-25)20-23-5-4-19(24-20)27-12-10-26(11-13-27)17-3-2-16(15-22)18(21)14-17/h2-5,14H,6-13H2,1H3. The van der Waals surface area contributed by atoms with Gasteiger partial charge in [-0.15, -0.1) is 0 Å². The number of aromatic nitrogens is 2. The van der Waals surface area contributed by atoms with Crippen LogP contribution in [-0.4, -0.2) is 74.3 Å². The van der Waals surface area contributed by atoms with Gasteiger partial charge in [-0.05, 0) is 31.3 Å². The fourth-order valence-electron chi connectivity index (χ4n) is 3.66. The van der Waals surface area contributed by atoms with E-state index in [0.717, 1.165) is 69.8 Å². The molecule has 2 aliphatic heterocycles. The lowest BCUT2D eigenvalue weighted by molar-refractivity contribution is 0.311. The molecule has 28 heavy (non-hydrogen) atoms. The number of anilines is 3. The topological polar surface area (TPSA) is 62.5 Å². The molecule has 0 amide bonds. The van der Waals surface area contributed by atoms with Gasteiger partial charge in [-0.25, -0.2) is 9.37 Å². The van der Waals surface area contributed by atoms with E-state index in [1.807, 2.05) is 24.4 Å². The van der Waals surface area contributed by atoms with Crippen molar-refractivity contribution in [3.05, 3.63) is 41.8 Å². The van der Waals surface area contributed by atoms with Gasteiger partial charge in [0.05, 0.1) is 5.56 Å². The zero-order valence-corrected chi connectivity index (χ0v) is 16.1. The van der Waals surface area contributed by atoms with E-state index in [-0.39, 0.29) is 5.56 Å². The average Bonchev–Trinajstić information content (AvgIpc) is 2.74. The summed E-state index contributed by atoms with van der Waals surface area (Å²) in [6.45, 7) is 7.09. The molecule has 0 saturated carbocycles. The normalized spacial score (nSPS) is 18.2. The maximum absolute atomic E-state index is 13.9. The van der Waals surface area contributed by atoms with Crippen LogP contribution in [-0.2, 0) is 0 Å². The Hall–Kier alpha value is -2.92. The van der Waals surface area contributed by atoms with E-state index in [1.54, 1.807) is 6.07 Å². The van der Waals surface area contributed by atoms with Crippen molar-refractivity contribution in [1.82, 2.24) is 14.9 Å². The van der Waals surface area contributed by atoms with Gasteiger partial charge >= 0.3 is 0 Å². The first kappa shape index (κ1) is 18.4. The first-order valence-electron chi connectivity index (χ1n) is 9.60. The van der Waals surface area contributed by atoms with Crippen LogP contribution in [0.25, 0.3) is 0 Å². The summed E-state index contributed by atoms with van der Waals surface area (Å²) in [6.07, 6.45) is 1.83. The van der Waals surface area contributed by atoms with Crippen LogP contribution in [0.1, 0.15) is 5.56 Å². The lowest BCUT2D eigenvalue weighted by atomic mass is 10.2. The smallest absolute Gasteiger partial charge is 0.227 e. The zero-order valence-electron chi connectivity index (χ0n) is 16.1. The molecule has 7 nitrogen and oxygen atoms in total. The Morgan fingerprint density at radius 1 is 0.929 bits per heavy atom. The summed E-state index contributed by atoms with van der Waals surface area (Å²) in [6, 6.07) is 8.63. The second-order valence-electron chi connectivity index (χ2n) is 7.26. The van der Waals surface area contributed by atoms with Gasteiger partial charge in [0.2, 0.25) is 5.95 Å². The van der Waals surface area contributed by atoms with Crippen LogP contribution in [0.3, 0.4) is 0 Å². The Labute approximate surface area is 164 Å². The highest BCUT2D eigenvalue weighted by atomic mass is 19.1. The molecule has 0 radical (unpaired) electrons. The molecule has 0 spiro atoms. The second kappa shape index (κ2) is 7.98. The van der Waals surface area contributed by atoms with E-state index in [9.17, 15) is 4.39 Å². The van der Waals surface area contributed by atoms with Gasteiger partial charge in [-0.2, -0.15) is 10.2 Å². The number of nitrogens with zero attached hydrogens (tertiary/aromatic N) is 7. The third-order valence-electron chi connectivity index (χ3n) is 5.46. The Kier molecular flexibility index (Phi) is 5.26. The van der Waals surface area contributed by atoms with E-state index < -0.39 is 5.82 Å². The molecule has 0 N–H and O–H groups in total. The maximum Gasteiger partial charge on any atom is 0.227 e. The van der Waals surface area contributed by atoms with Crippen LogP contribution < -0.4 is 14.7 Å². The highest BCUT2D eigenvalue weighted by Gasteiger charge is 2.21. The third kappa shape index (κ3) is 3.85. The number of benzene rings is 1. The van der Waals surface area contributed by atoms with Crippen LogP contribution in [0, 0.1) is 17.1 Å². The predicted octanol–water partition coefficient (Wildman–Crippen LogP) is 1.57. The summed E-state index contributed by atoms with van der Waals surface area (Å²) in [7, 11) is 2.13. The van der Waals surface area contributed by atoms with Crippen molar-refractivity contribution in [2.24, 2.45) is 0 Å². The predicted molar refractivity (Wildman–Crippen MR) is 107 cm³/mol. The van der Waals surface area contributed by atoms with Crippen LogP contribution in [0.5, 0.6) is 0 Å². The molecule has 1 aromatic heterocycles. The molecule has 8 heteroatoms. The van der Waals surface area contributed by atoms with Crippen molar-refractivity contribution in [3.63, 3.8) is 0 Å². The molecule has 2 fully saturated rings. The molecule has 0 aliphatic carbocycles. The van der Waals surface area contributed by atoms with Crippen molar-refractivity contribution in [2.45, 2.75) is 0 Å². The number of halogens is 1. The molecule has 0 atom stereocenters. The summed E-state index contributed by atoms with van der Waals surface area (Å²) in [4.78, 5) is 18.2. The highest BCUT2D eigenvalue weighted by Crippen LogP contribution is 2.22. The molecule has 0 bridgehead atoms. The number of nitriles is 1. The Bertz CT molecular complexity index is 865. The van der Waals surface area contributed by atoms with Gasteiger partial charge < -0.3 is 19.6 Å². The van der Waals surface area contributed by atoms with Gasteiger partial charge in [0.1, 0.15) is 17.7 Å². The quantitative estimate of drug-likeness (QED) is 0.800. The van der Waals surface area contributed by atoms with Gasteiger partial charge in [-0.3, -0.25) is 0 Å². The molecule has 2 aliphatic rings. The summed E-state index contributed by atoms with van der Waals surface area (Å²) >= 11 is 0. The van der Waals surface area contributed by atoms with Gasteiger partial charge in [0.25, 0.3) is 0 Å². The van der Waals surface area contributed by atoms with E-state index in [2.05, 4.69) is 31.6 Å². The molecule has 2 aromatic rings. The first-order chi connectivity index (χ1) is 13.6. The fourth-order valence-corrected chi connectivity index (χ4v) is 3.66. The van der Waals surface area contributed by atoms with Crippen molar-refractivity contribution in [2.75, 3.05) is 74.1 Å². The van der Waals surface area contributed by atoms with Crippen LogP contribution in [0.4, 0.5) is 21.8 Å². The first-order valence-corrected chi connectivity index (χ1v) is 9.60. The molecule has 3 heterocycles. The number of rotatable bonds is 3. The van der Waals surface area contributed by atoms with Crippen molar-refractivity contribution in [3.8, 4) is 6.07 Å². The number of hydrogen-bond acceptors (Lipinski definition) is 7.